The van der Waals surface area contributed by atoms with Crippen molar-refractivity contribution in [2.75, 3.05) is 0 Å². The minimum absolute atomic E-state index is 1.24. The zero-order valence-corrected chi connectivity index (χ0v) is 29.0. The van der Waals surface area contributed by atoms with E-state index in [2.05, 4.69) is 170 Å². The normalized spacial score (nSPS) is 13.4. The van der Waals surface area contributed by atoms with E-state index in [0.29, 0.717) is 0 Å². The average Bonchev–Trinajstić information content (AvgIpc) is 3.35. The van der Waals surface area contributed by atoms with Gasteiger partial charge in [0.25, 0.3) is 0 Å². The predicted octanol–water partition coefficient (Wildman–Crippen LogP) is 5.70. The molecule has 0 aliphatic carbocycles. The molecule has 2 heteroatoms. The van der Waals surface area contributed by atoms with E-state index in [-0.39, 0.29) is 0 Å². The van der Waals surface area contributed by atoms with Crippen LogP contribution in [0, 0.1) is 0 Å². The maximum atomic E-state index is 2.47. The van der Waals surface area contributed by atoms with Crippen LogP contribution in [0.25, 0.3) is 11.1 Å². The van der Waals surface area contributed by atoms with Crippen LogP contribution in [0.15, 0.2) is 170 Å². The van der Waals surface area contributed by atoms with Gasteiger partial charge in [0, 0.05) is 0 Å². The molecule has 0 radical (unpaired) electrons. The average molecular weight is 740 g/mol. The Morgan fingerprint density at radius 1 is 0.390 bits per heavy atom. The molecular formula is C39H34Sn2. The first-order valence-electron chi connectivity index (χ1n) is 14.8. The molecule has 0 amide bonds. The molecular weight excluding hydrogens is 706 g/mol. The molecule has 41 heavy (non-hydrogen) atoms. The zero-order valence-electron chi connectivity index (χ0n) is 23.3. The molecule has 0 saturated heterocycles. The number of hydrogen-bond donors (Lipinski definition) is 0. The zero-order chi connectivity index (χ0) is 27.5. The van der Waals surface area contributed by atoms with Crippen molar-refractivity contribution in [1.82, 2.24) is 0 Å². The van der Waals surface area contributed by atoms with Gasteiger partial charge in [0.15, 0.2) is 0 Å². The summed E-state index contributed by atoms with van der Waals surface area (Å²) in [4.78, 5) is 0. The number of hydrogen-bond acceptors (Lipinski definition) is 0. The van der Waals surface area contributed by atoms with Crippen molar-refractivity contribution >= 4 is 58.2 Å². The van der Waals surface area contributed by atoms with E-state index >= 15 is 0 Å². The van der Waals surface area contributed by atoms with Gasteiger partial charge in [-0.3, -0.25) is 0 Å². The number of rotatable bonds is 8. The summed E-state index contributed by atoms with van der Waals surface area (Å²) in [5.41, 5.74) is 2.96. The molecule has 6 aromatic carbocycles. The molecule has 0 saturated carbocycles. The van der Waals surface area contributed by atoms with E-state index < -0.39 is 36.8 Å². The number of fused-ring (bicyclic) bond motifs is 3. The second-order valence-corrected chi connectivity index (χ2v) is 34.1. The van der Waals surface area contributed by atoms with E-state index in [1.807, 2.05) is 0 Å². The summed E-state index contributed by atoms with van der Waals surface area (Å²) >= 11 is -6.61. The molecule has 6 aromatic rings. The van der Waals surface area contributed by atoms with Gasteiger partial charge in [-0.2, -0.15) is 0 Å². The van der Waals surface area contributed by atoms with E-state index in [9.17, 15) is 0 Å². The molecule has 198 valence electrons. The van der Waals surface area contributed by atoms with Gasteiger partial charge in [0.2, 0.25) is 0 Å². The van der Waals surface area contributed by atoms with Gasteiger partial charge in [-0.1, -0.05) is 0 Å². The van der Waals surface area contributed by atoms with Crippen molar-refractivity contribution < 1.29 is 0 Å². The fourth-order valence-electron chi connectivity index (χ4n) is 7.49. The third-order valence-corrected chi connectivity index (χ3v) is 38.3. The quantitative estimate of drug-likeness (QED) is 0.176. The van der Waals surface area contributed by atoms with Gasteiger partial charge < -0.3 is 0 Å². The van der Waals surface area contributed by atoms with Gasteiger partial charge in [-0.25, -0.2) is 0 Å². The van der Waals surface area contributed by atoms with Gasteiger partial charge in [0.1, 0.15) is 0 Å². The molecule has 1 aliphatic heterocycles. The molecule has 0 aromatic heterocycles. The van der Waals surface area contributed by atoms with E-state index in [0.717, 1.165) is 0 Å². The first-order valence-corrected chi connectivity index (χ1v) is 27.4. The number of benzene rings is 6. The first-order chi connectivity index (χ1) is 20.3. The Hall–Kier alpha value is -3.08. The second kappa shape index (κ2) is 11.7. The molecule has 7 rings (SSSR count). The summed E-state index contributed by atoms with van der Waals surface area (Å²) in [5.74, 6) is 0. The van der Waals surface area contributed by atoms with E-state index in [1.54, 1.807) is 21.5 Å². The first kappa shape index (κ1) is 26.8. The molecule has 1 heterocycles. The molecule has 0 unspecified atom stereocenters. The van der Waals surface area contributed by atoms with Crippen molar-refractivity contribution in [3.8, 4) is 11.1 Å². The molecule has 0 N–H and O–H groups in total. The van der Waals surface area contributed by atoms with Crippen LogP contribution in [-0.2, 0) is 0 Å². The van der Waals surface area contributed by atoms with Crippen LogP contribution in [-0.4, -0.2) is 36.8 Å². The Morgan fingerprint density at radius 3 is 1.20 bits per heavy atom. The van der Waals surface area contributed by atoms with Crippen molar-refractivity contribution in [2.45, 2.75) is 15.3 Å². The Balaban J connectivity index is 1.38. The predicted molar refractivity (Wildman–Crippen MR) is 181 cm³/mol. The van der Waals surface area contributed by atoms with Crippen LogP contribution in [0.4, 0.5) is 0 Å². The minimum atomic E-state index is -3.34. The second-order valence-electron chi connectivity index (χ2n) is 11.2. The molecule has 1 aliphatic rings. The van der Waals surface area contributed by atoms with Crippen LogP contribution in [0.2, 0.25) is 8.87 Å². The van der Waals surface area contributed by atoms with Gasteiger partial charge >= 0.3 is 255 Å². The summed E-state index contributed by atoms with van der Waals surface area (Å²) in [6.07, 6.45) is 1.24. The van der Waals surface area contributed by atoms with Crippen molar-refractivity contribution in [1.29, 1.82) is 0 Å². The fraction of sp³-hybridized carbons (Fsp3) is 0.0769. The summed E-state index contributed by atoms with van der Waals surface area (Å²) in [6.45, 7) is 0. The van der Waals surface area contributed by atoms with Crippen LogP contribution < -0.4 is 21.5 Å². The third-order valence-electron chi connectivity index (χ3n) is 9.23. The van der Waals surface area contributed by atoms with Crippen LogP contribution in [0.1, 0.15) is 6.42 Å². The van der Waals surface area contributed by atoms with Crippen LogP contribution in [0.5, 0.6) is 0 Å². The maximum absolute atomic E-state index is 3.34. The molecule has 0 nitrogen and oxygen atoms in total. The molecule has 0 fully saturated rings. The topological polar surface area (TPSA) is 0 Å². The summed E-state index contributed by atoms with van der Waals surface area (Å²) < 4.78 is 12.2. The van der Waals surface area contributed by atoms with Gasteiger partial charge in [-0.15, -0.1) is 0 Å². The SMILES string of the molecule is c1cc[c]([Sn]([CH2]C[CH2][Sn]2([c]3ccccc3)[c]3ccccc3-c3cccc[c]32)([c]2ccccc2)[c]2ccccc2)cc1. The standard InChI is InChI=1S/C12H8.4C6H5.C3H6.2Sn/c1-3-7-11(8-4-1)12-9-5-2-6-10-12;4*1-2-4-6-5-3-1;1-3-2;;/h1-7,9H;4*1-5H;1-3H2;;. The Morgan fingerprint density at radius 2 is 0.756 bits per heavy atom. The fourth-order valence-corrected chi connectivity index (χ4v) is 39.4. The van der Waals surface area contributed by atoms with Crippen molar-refractivity contribution in [3.63, 3.8) is 0 Å². The summed E-state index contributed by atoms with van der Waals surface area (Å²) in [7, 11) is 0. The van der Waals surface area contributed by atoms with Crippen molar-refractivity contribution in [3.05, 3.63) is 170 Å². The van der Waals surface area contributed by atoms with E-state index in [1.165, 1.54) is 26.4 Å². The molecule has 0 spiro atoms. The Kier molecular flexibility index (Phi) is 7.62. The monoisotopic (exact) mass is 742 g/mol. The Bertz CT molecular complexity index is 1540. The van der Waals surface area contributed by atoms with E-state index in [4.69, 9.17) is 0 Å². The van der Waals surface area contributed by atoms with Crippen molar-refractivity contribution in [2.24, 2.45) is 0 Å². The summed E-state index contributed by atoms with van der Waals surface area (Å²) in [5, 5.41) is 0. The van der Waals surface area contributed by atoms with Crippen LogP contribution in [0.3, 0.4) is 0 Å². The van der Waals surface area contributed by atoms with Gasteiger partial charge in [0.05, 0.1) is 0 Å². The third kappa shape index (κ3) is 4.60. The Labute approximate surface area is 252 Å². The summed E-state index contributed by atoms with van der Waals surface area (Å²) in [6, 6.07) is 64.8. The molecule has 0 atom stereocenters. The van der Waals surface area contributed by atoms with Crippen LogP contribution >= 0.6 is 0 Å². The van der Waals surface area contributed by atoms with Gasteiger partial charge in [-0.05, 0) is 0 Å². The molecule has 0 bridgehead atoms.